The molecule has 0 bridgehead atoms. The van der Waals surface area contributed by atoms with E-state index in [2.05, 4.69) is 27.5 Å². The lowest BCUT2D eigenvalue weighted by molar-refractivity contribution is -0.117. The summed E-state index contributed by atoms with van der Waals surface area (Å²) in [6.45, 7) is 11.5. The summed E-state index contributed by atoms with van der Waals surface area (Å²) in [6, 6.07) is 7.24. The van der Waals surface area contributed by atoms with Crippen molar-refractivity contribution in [2.45, 2.75) is 59.7 Å². The van der Waals surface area contributed by atoms with Gasteiger partial charge >= 0.3 is 0 Å². The van der Waals surface area contributed by atoms with Crippen LogP contribution in [0, 0.1) is 12.8 Å². The van der Waals surface area contributed by atoms with Gasteiger partial charge < -0.3 is 15.5 Å². The number of fused-ring (bicyclic) bond motifs is 1. The zero-order valence-electron chi connectivity index (χ0n) is 17.9. The van der Waals surface area contributed by atoms with Crippen molar-refractivity contribution >= 4 is 23.5 Å². The van der Waals surface area contributed by atoms with Gasteiger partial charge in [0.15, 0.2) is 0 Å². The molecule has 0 radical (unpaired) electrons. The average Bonchev–Trinajstić information content (AvgIpc) is 2.64. The summed E-state index contributed by atoms with van der Waals surface area (Å²) in [5.41, 5.74) is 3.15. The molecule has 2 amide bonds. The van der Waals surface area contributed by atoms with Crippen LogP contribution in [0.4, 0.5) is 11.6 Å². The van der Waals surface area contributed by atoms with Crippen LogP contribution in [-0.2, 0) is 4.79 Å². The van der Waals surface area contributed by atoms with E-state index >= 15 is 0 Å². The highest BCUT2D eigenvalue weighted by Gasteiger charge is 2.38. The third-order valence-electron chi connectivity index (χ3n) is 5.42. The maximum atomic E-state index is 12.6. The van der Waals surface area contributed by atoms with E-state index in [1.807, 2.05) is 45.9 Å². The van der Waals surface area contributed by atoms with Gasteiger partial charge in [-0.1, -0.05) is 6.92 Å². The van der Waals surface area contributed by atoms with E-state index in [0.29, 0.717) is 11.5 Å². The standard InChI is InChI=1S/C22H29N5O2/c1-12(2)24-21(29)17-7-8-19-18(11-17)20(14(4)15(5)27(19)16(6)28)26-22-23-10-9-13(3)25-22/h7-12,14-15,20H,1-6H3,(H,24,29)(H,23,25,26). The minimum Gasteiger partial charge on any atom is -0.350 e. The van der Waals surface area contributed by atoms with Crippen molar-refractivity contribution in [1.29, 1.82) is 0 Å². The Balaban J connectivity index is 2.08. The molecule has 3 atom stereocenters. The summed E-state index contributed by atoms with van der Waals surface area (Å²) < 4.78 is 0. The van der Waals surface area contributed by atoms with Crippen molar-refractivity contribution in [3.05, 3.63) is 47.3 Å². The van der Waals surface area contributed by atoms with Gasteiger partial charge in [0.1, 0.15) is 0 Å². The zero-order valence-corrected chi connectivity index (χ0v) is 17.9. The summed E-state index contributed by atoms with van der Waals surface area (Å²) >= 11 is 0. The van der Waals surface area contributed by atoms with Gasteiger partial charge in [-0.3, -0.25) is 9.59 Å². The van der Waals surface area contributed by atoms with Crippen LogP contribution in [0.1, 0.15) is 62.3 Å². The molecule has 3 unspecified atom stereocenters. The number of hydrogen-bond acceptors (Lipinski definition) is 5. The Morgan fingerprint density at radius 2 is 1.90 bits per heavy atom. The van der Waals surface area contributed by atoms with Crippen molar-refractivity contribution in [3.63, 3.8) is 0 Å². The van der Waals surface area contributed by atoms with E-state index < -0.39 is 0 Å². The van der Waals surface area contributed by atoms with Crippen LogP contribution in [0.15, 0.2) is 30.5 Å². The maximum Gasteiger partial charge on any atom is 0.251 e. The molecule has 2 heterocycles. The van der Waals surface area contributed by atoms with Crippen molar-refractivity contribution in [2.75, 3.05) is 10.2 Å². The molecule has 3 rings (SSSR count). The summed E-state index contributed by atoms with van der Waals surface area (Å²) in [4.78, 5) is 35.6. The fourth-order valence-electron chi connectivity index (χ4n) is 3.85. The number of carbonyl (C=O) groups is 2. The largest absolute Gasteiger partial charge is 0.350 e. The minimum atomic E-state index is -0.135. The van der Waals surface area contributed by atoms with E-state index in [9.17, 15) is 9.59 Å². The van der Waals surface area contributed by atoms with Gasteiger partial charge in [-0.25, -0.2) is 9.97 Å². The first kappa shape index (κ1) is 20.8. The van der Waals surface area contributed by atoms with Crippen molar-refractivity contribution in [1.82, 2.24) is 15.3 Å². The molecule has 0 fully saturated rings. The van der Waals surface area contributed by atoms with Crippen molar-refractivity contribution in [2.24, 2.45) is 5.92 Å². The summed E-state index contributed by atoms with van der Waals surface area (Å²) in [5.74, 6) is 0.469. The lowest BCUT2D eigenvalue weighted by atomic mass is 9.82. The topological polar surface area (TPSA) is 87.2 Å². The Labute approximate surface area is 171 Å². The lowest BCUT2D eigenvalue weighted by Crippen LogP contribution is -2.48. The second-order valence-corrected chi connectivity index (χ2v) is 8.03. The predicted octanol–water partition coefficient (Wildman–Crippen LogP) is 3.47. The molecule has 2 N–H and O–H groups in total. The number of nitrogens with one attached hydrogen (secondary N) is 2. The van der Waals surface area contributed by atoms with Crippen molar-refractivity contribution < 1.29 is 9.59 Å². The molecule has 154 valence electrons. The van der Waals surface area contributed by atoms with Gasteiger partial charge in [-0.05, 0) is 57.5 Å². The summed E-state index contributed by atoms with van der Waals surface area (Å²) in [7, 11) is 0. The van der Waals surface area contributed by atoms with E-state index in [1.165, 1.54) is 0 Å². The Bertz CT molecular complexity index is 927. The molecule has 1 aliphatic heterocycles. The molecule has 7 nitrogen and oxygen atoms in total. The Hall–Kier alpha value is -2.96. The Kier molecular flexibility index (Phi) is 5.86. The smallest absolute Gasteiger partial charge is 0.251 e. The number of rotatable bonds is 4. The SMILES string of the molecule is CC(=O)N1c2ccc(C(=O)NC(C)C)cc2C(Nc2nccc(C)n2)C(C)C1C. The van der Waals surface area contributed by atoms with Crippen LogP contribution in [-0.4, -0.2) is 33.9 Å². The maximum absolute atomic E-state index is 12.6. The first-order valence-corrected chi connectivity index (χ1v) is 9.99. The minimum absolute atomic E-state index is 0.0161. The molecule has 1 aromatic carbocycles. The molecule has 0 saturated carbocycles. The Morgan fingerprint density at radius 1 is 1.17 bits per heavy atom. The van der Waals surface area contributed by atoms with Gasteiger partial charge in [0, 0.05) is 48.1 Å². The molecular formula is C22H29N5O2. The highest BCUT2D eigenvalue weighted by Crippen LogP contribution is 2.42. The monoisotopic (exact) mass is 395 g/mol. The number of hydrogen-bond donors (Lipinski definition) is 2. The van der Waals surface area contributed by atoms with Crippen LogP contribution < -0.4 is 15.5 Å². The molecule has 0 aliphatic carbocycles. The fraction of sp³-hybridized carbons (Fsp3) is 0.455. The molecule has 0 saturated heterocycles. The van der Waals surface area contributed by atoms with E-state index in [-0.39, 0.29) is 35.9 Å². The first-order valence-electron chi connectivity index (χ1n) is 9.99. The van der Waals surface area contributed by atoms with Gasteiger partial charge in [-0.2, -0.15) is 0 Å². The number of amides is 2. The molecule has 1 aromatic heterocycles. The molecule has 2 aromatic rings. The zero-order chi connectivity index (χ0) is 21.3. The lowest BCUT2D eigenvalue weighted by Gasteiger charge is -2.44. The molecular weight excluding hydrogens is 366 g/mol. The highest BCUT2D eigenvalue weighted by atomic mass is 16.2. The second kappa shape index (κ2) is 8.19. The van der Waals surface area contributed by atoms with E-state index in [0.717, 1.165) is 16.9 Å². The van der Waals surface area contributed by atoms with Gasteiger partial charge in [0.2, 0.25) is 11.9 Å². The number of benzene rings is 1. The first-order chi connectivity index (χ1) is 13.7. The van der Waals surface area contributed by atoms with Crippen molar-refractivity contribution in [3.8, 4) is 0 Å². The number of carbonyl (C=O) groups excluding carboxylic acids is 2. The van der Waals surface area contributed by atoms with Crippen LogP contribution in [0.25, 0.3) is 0 Å². The van der Waals surface area contributed by atoms with E-state index in [1.54, 1.807) is 24.1 Å². The van der Waals surface area contributed by atoms with Crippen LogP contribution >= 0.6 is 0 Å². The van der Waals surface area contributed by atoms with Crippen LogP contribution in [0.3, 0.4) is 0 Å². The number of aryl methyl sites for hydroxylation is 1. The van der Waals surface area contributed by atoms with Gasteiger partial charge in [0.25, 0.3) is 5.91 Å². The molecule has 1 aliphatic rings. The fourth-order valence-corrected chi connectivity index (χ4v) is 3.85. The second-order valence-electron chi connectivity index (χ2n) is 8.03. The number of nitrogens with zero attached hydrogens (tertiary/aromatic N) is 3. The van der Waals surface area contributed by atoms with Gasteiger partial charge in [-0.15, -0.1) is 0 Å². The summed E-state index contributed by atoms with van der Waals surface area (Å²) in [6.07, 6.45) is 1.72. The summed E-state index contributed by atoms with van der Waals surface area (Å²) in [5, 5.41) is 6.36. The molecule has 0 spiro atoms. The van der Waals surface area contributed by atoms with Gasteiger partial charge in [0.05, 0.1) is 6.04 Å². The highest BCUT2D eigenvalue weighted by molar-refractivity contribution is 5.98. The quantitative estimate of drug-likeness (QED) is 0.828. The molecule has 7 heteroatoms. The third kappa shape index (κ3) is 4.23. The number of anilines is 2. The van der Waals surface area contributed by atoms with E-state index in [4.69, 9.17) is 0 Å². The normalized spacial score (nSPS) is 20.9. The molecule has 29 heavy (non-hydrogen) atoms. The van der Waals surface area contributed by atoms with Crippen LogP contribution in [0.2, 0.25) is 0 Å². The Morgan fingerprint density at radius 3 is 2.52 bits per heavy atom. The predicted molar refractivity (Wildman–Crippen MR) is 114 cm³/mol. The van der Waals surface area contributed by atoms with Crippen LogP contribution in [0.5, 0.6) is 0 Å². The number of aromatic nitrogens is 2. The average molecular weight is 396 g/mol. The third-order valence-corrected chi connectivity index (χ3v) is 5.42.